The van der Waals surface area contributed by atoms with Gasteiger partial charge in [-0.15, -0.1) is 0 Å². The number of hydrogen-bond acceptors (Lipinski definition) is 3. The second-order valence-corrected chi connectivity index (χ2v) is 4.86. The van der Waals surface area contributed by atoms with Crippen LogP contribution in [-0.2, 0) is 4.74 Å². The highest BCUT2D eigenvalue weighted by Crippen LogP contribution is 2.15. The first kappa shape index (κ1) is 12.5. The number of amides is 1. The van der Waals surface area contributed by atoms with E-state index < -0.39 is 0 Å². The summed E-state index contributed by atoms with van der Waals surface area (Å²) in [4.78, 5) is 15.9. The van der Waals surface area contributed by atoms with Crippen molar-refractivity contribution >= 4 is 21.8 Å². The van der Waals surface area contributed by atoms with E-state index in [-0.39, 0.29) is 5.91 Å². The van der Waals surface area contributed by atoms with Crippen LogP contribution in [0.4, 0.5) is 0 Å². The number of pyridine rings is 1. The average Bonchev–Trinajstić information content (AvgIpc) is 2.38. The van der Waals surface area contributed by atoms with E-state index in [9.17, 15) is 4.79 Å². The molecule has 1 aliphatic heterocycles. The van der Waals surface area contributed by atoms with Gasteiger partial charge in [-0.05, 0) is 46.8 Å². The first-order chi connectivity index (χ1) is 8.27. The second-order valence-electron chi connectivity index (χ2n) is 4.11. The van der Waals surface area contributed by atoms with Crippen molar-refractivity contribution in [1.29, 1.82) is 0 Å². The van der Waals surface area contributed by atoms with Gasteiger partial charge in [0.25, 0.3) is 5.91 Å². The zero-order chi connectivity index (χ0) is 12.1. The zero-order valence-electron chi connectivity index (χ0n) is 9.49. The van der Waals surface area contributed by atoms with Crippen molar-refractivity contribution in [1.82, 2.24) is 10.3 Å². The number of aromatic nitrogens is 1. The summed E-state index contributed by atoms with van der Waals surface area (Å²) in [6.07, 6.45) is 3.70. The molecule has 0 unspecified atom stereocenters. The minimum absolute atomic E-state index is 0.0727. The normalized spacial score (nSPS) is 16.8. The highest BCUT2D eigenvalue weighted by atomic mass is 79.9. The van der Waals surface area contributed by atoms with Gasteiger partial charge in [-0.3, -0.25) is 4.79 Å². The van der Waals surface area contributed by atoms with E-state index in [2.05, 4.69) is 26.2 Å². The first-order valence-electron chi connectivity index (χ1n) is 5.74. The Bertz CT molecular complexity index is 392. The second kappa shape index (κ2) is 6.12. The number of rotatable bonds is 3. The Morgan fingerprint density at radius 1 is 1.53 bits per heavy atom. The molecule has 1 fully saturated rings. The van der Waals surface area contributed by atoms with Gasteiger partial charge in [0, 0.05) is 26.0 Å². The largest absolute Gasteiger partial charge is 0.381 e. The molecule has 1 N–H and O–H groups in total. The summed E-state index contributed by atoms with van der Waals surface area (Å²) < 4.78 is 5.87. The number of carbonyl (C=O) groups is 1. The zero-order valence-corrected chi connectivity index (χ0v) is 11.1. The fourth-order valence-electron chi connectivity index (χ4n) is 1.84. The van der Waals surface area contributed by atoms with Crippen molar-refractivity contribution in [3.63, 3.8) is 0 Å². The summed E-state index contributed by atoms with van der Waals surface area (Å²) in [6.45, 7) is 2.32. The summed E-state index contributed by atoms with van der Waals surface area (Å²) in [5.74, 6) is 0.458. The maximum Gasteiger partial charge on any atom is 0.254 e. The van der Waals surface area contributed by atoms with Crippen LogP contribution in [0.5, 0.6) is 0 Å². The van der Waals surface area contributed by atoms with Crippen molar-refractivity contribution < 1.29 is 9.53 Å². The van der Waals surface area contributed by atoms with Gasteiger partial charge in [-0.25, -0.2) is 4.98 Å². The fourth-order valence-corrected chi connectivity index (χ4v) is 2.27. The highest BCUT2D eigenvalue weighted by Gasteiger charge is 2.16. The molecular formula is C12H15BrN2O2. The molecule has 2 heterocycles. The molecule has 92 valence electrons. The van der Waals surface area contributed by atoms with Gasteiger partial charge in [0.2, 0.25) is 0 Å². The molecule has 2 rings (SSSR count). The van der Waals surface area contributed by atoms with E-state index in [0.29, 0.717) is 22.6 Å². The third-order valence-corrected chi connectivity index (χ3v) is 3.53. The van der Waals surface area contributed by atoms with Gasteiger partial charge < -0.3 is 10.1 Å². The van der Waals surface area contributed by atoms with Gasteiger partial charge in [-0.2, -0.15) is 0 Å². The number of nitrogens with one attached hydrogen (secondary N) is 1. The predicted molar refractivity (Wildman–Crippen MR) is 67.8 cm³/mol. The van der Waals surface area contributed by atoms with Crippen LogP contribution in [0.1, 0.15) is 23.2 Å². The third kappa shape index (κ3) is 3.51. The van der Waals surface area contributed by atoms with Crippen molar-refractivity contribution in [3.8, 4) is 0 Å². The molecule has 4 nitrogen and oxygen atoms in total. The molecule has 1 aromatic rings. The number of ether oxygens (including phenoxy) is 1. The molecular weight excluding hydrogens is 284 g/mol. The van der Waals surface area contributed by atoms with Crippen LogP contribution >= 0.6 is 15.9 Å². The Balaban J connectivity index is 1.87. The summed E-state index contributed by atoms with van der Waals surface area (Å²) in [6, 6.07) is 3.52. The molecule has 0 spiro atoms. The molecule has 0 bridgehead atoms. The van der Waals surface area contributed by atoms with Crippen LogP contribution in [-0.4, -0.2) is 30.6 Å². The predicted octanol–water partition coefficient (Wildman–Crippen LogP) is 2.00. The minimum atomic E-state index is -0.0727. The molecule has 0 saturated carbocycles. The van der Waals surface area contributed by atoms with Crippen molar-refractivity contribution in [3.05, 3.63) is 28.5 Å². The van der Waals surface area contributed by atoms with Gasteiger partial charge in [0.05, 0.1) is 5.56 Å². The highest BCUT2D eigenvalue weighted by molar-refractivity contribution is 9.10. The van der Waals surface area contributed by atoms with E-state index in [4.69, 9.17) is 4.74 Å². The molecule has 17 heavy (non-hydrogen) atoms. The summed E-state index contributed by atoms with van der Waals surface area (Å²) in [5.41, 5.74) is 0.583. The smallest absolute Gasteiger partial charge is 0.254 e. The lowest BCUT2D eigenvalue weighted by Gasteiger charge is -2.22. The Kier molecular flexibility index (Phi) is 4.50. The van der Waals surface area contributed by atoms with Crippen molar-refractivity contribution in [2.45, 2.75) is 12.8 Å². The maximum atomic E-state index is 11.9. The Morgan fingerprint density at radius 2 is 2.29 bits per heavy atom. The molecule has 0 atom stereocenters. The quantitative estimate of drug-likeness (QED) is 0.869. The number of carbonyl (C=O) groups excluding carboxylic acids is 1. The van der Waals surface area contributed by atoms with Crippen molar-refractivity contribution in [2.24, 2.45) is 5.92 Å². The SMILES string of the molecule is O=C(NCC1CCOCC1)c1cccnc1Br. The van der Waals surface area contributed by atoms with Gasteiger partial charge >= 0.3 is 0 Å². The van der Waals surface area contributed by atoms with Crippen LogP contribution < -0.4 is 5.32 Å². The standard InChI is InChI=1S/C12H15BrN2O2/c13-11-10(2-1-5-14-11)12(16)15-8-9-3-6-17-7-4-9/h1-2,5,9H,3-4,6-8H2,(H,15,16). The number of nitrogens with zero attached hydrogens (tertiary/aromatic N) is 1. The summed E-state index contributed by atoms with van der Waals surface area (Å²) >= 11 is 3.27. The minimum Gasteiger partial charge on any atom is -0.381 e. The van der Waals surface area contributed by atoms with Crippen LogP contribution in [0.2, 0.25) is 0 Å². The lowest BCUT2D eigenvalue weighted by molar-refractivity contribution is 0.0642. The van der Waals surface area contributed by atoms with Crippen LogP contribution in [0.3, 0.4) is 0 Å². The van der Waals surface area contributed by atoms with E-state index in [1.165, 1.54) is 0 Å². The molecule has 1 aromatic heterocycles. The lowest BCUT2D eigenvalue weighted by Crippen LogP contribution is -2.32. The van der Waals surface area contributed by atoms with Crippen LogP contribution in [0.15, 0.2) is 22.9 Å². The molecule has 0 aliphatic carbocycles. The average molecular weight is 299 g/mol. The molecule has 0 radical (unpaired) electrons. The Hall–Kier alpha value is -0.940. The number of hydrogen-bond donors (Lipinski definition) is 1. The summed E-state index contributed by atoms with van der Waals surface area (Å²) in [5, 5.41) is 2.94. The van der Waals surface area contributed by atoms with Gasteiger partial charge in [-0.1, -0.05) is 0 Å². The lowest BCUT2D eigenvalue weighted by atomic mass is 10.0. The van der Waals surface area contributed by atoms with Gasteiger partial charge in [0.1, 0.15) is 4.60 Å². The van der Waals surface area contributed by atoms with E-state index in [0.717, 1.165) is 26.1 Å². The molecule has 0 aromatic carbocycles. The third-order valence-electron chi connectivity index (χ3n) is 2.90. The molecule has 1 saturated heterocycles. The molecule has 5 heteroatoms. The molecule has 1 aliphatic rings. The fraction of sp³-hybridized carbons (Fsp3) is 0.500. The van der Waals surface area contributed by atoms with Crippen molar-refractivity contribution in [2.75, 3.05) is 19.8 Å². The maximum absolute atomic E-state index is 11.9. The number of halogens is 1. The van der Waals surface area contributed by atoms with Crippen LogP contribution in [0.25, 0.3) is 0 Å². The Labute approximate surface area is 109 Å². The topological polar surface area (TPSA) is 51.2 Å². The molecule has 1 amide bonds. The Morgan fingerprint density at radius 3 is 3.00 bits per heavy atom. The van der Waals surface area contributed by atoms with Gasteiger partial charge in [0.15, 0.2) is 0 Å². The first-order valence-corrected chi connectivity index (χ1v) is 6.53. The van der Waals surface area contributed by atoms with Crippen LogP contribution in [0, 0.1) is 5.92 Å². The van der Waals surface area contributed by atoms with E-state index >= 15 is 0 Å². The van der Waals surface area contributed by atoms with E-state index in [1.54, 1.807) is 18.3 Å². The monoisotopic (exact) mass is 298 g/mol. The summed E-state index contributed by atoms with van der Waals surface area (Å²) in [7, 11) is 0. The van der Waals surface area contributed by atoms with E-state index in [1.807, 2.05) is 0 Å².